The van der Waals surface area contributed by atoms with Crippen LogP contribution in [0.2, 0.25) is 0 Å². The highest BCUT2D eigenvalue weighted by Gasteiger charge is 2.10. The number of aromatic nitrogens is 2. The predicted octanol–water partition coefficient (Wildman–Crippen LogP) is 1.63. The minimum absolute atomic E-state index is 0.263. The highest BCUT2D eigenvalue weighted by Crippen LogP contribution is 2.06. The van der Waals surface area contributed by atoms with Crippen molar-refractivity contribution < 1.29 is 13.9 Å². The largest absolute Gasteiger partial charge is 0.382 e. The van der Waals surface area contributed by atoms with Gasteiger partial charge in [0.05, 0.1) is 0 Å². The molecule has 0 radical (unpaired) electrons. The maximum atomic E-state index is 13.0. The monoisotopic (exact) mass is 265 g/mol. The highest BCUT2D eigenvalue weighted by atomic mass is 19.1. The van der Waals surface area contributed by atoms with E-state index in [-0.39, 0.29) is 17.4 Å². The molecule has 0 unspecified atom stereocenters. The van der Waals surface area contributed by atoms with Crippen LogP contribution in [-0.2, 0) is 4.74 Å². The Morgan fingerprint density at radius 3 is 3.11 bits per heavy atom. The minimum atomic E-state index is -0.367. The van der Waals surface area contributed by atoms with Crippen LogP contribution in [0, 0.1) is 5.82 Å². The van der Waals surface area contributed by atoms with Crippen LogP contribution in [-0.4, -0.2) is 35.1 Å². The van der Waals surface area contributed by atoms with Crippen molar-refractivity contribution in [3.63, 3.8) is 0 Å². The quantitative estimate of drug-likeness (QED) is 0.808. The Morgan fingerprint density at radius 2 is 2.32 bits per heavy atom. The van der Waals surface area contributed by atoms with Gasteiger partial charge in [0.15, 0.2) is 0 Å². The molecule has 2 aromatic heterocycles. The Balaban J connectivity index is 1.94. The van der Waals surface area contributed by atoms with Crippen molar-refractivity contribution in [1.29, 1.82) is 0 Å². The molecule has 2 heterocycles. The van der Waals surface area contributed by atoms with Gasteiger partial charge in [-0.2, -0.15) is 0 Å². The van der Waals surface area contributed by atoms with E-state index in [0.717, 1.165) is 6.42 Å². The Kier molecular flexibility index (Phi) is 4.46. The molecule has 0 saturated carbocycles. The molecule has 0 bridgehead atoms. The van der Waals surface area contributed by atoms with E-state index in [9.17, 15) is 9.18 Å². The SMILES string of the molecule is CCOCCCNC(=O)c1cn2cc(F)ccc2n1. The third-order valence-electron chi connectivity index (χ3n) is 2.60. The van der Waals surface area contributed by atoms with Gasteiger partial charge in [-0.15, -0.1) is 0 Å². The van der Waals surface area contributed by atoms with Crippen molar-refractivity contribution in [2.45, 2.75) is 13.3 Å². The first-order valence-electron chi connectivity index (χ1n) is 6.21. The van der Waals surface area contributed by atoms with Gasteiger partial charge in [0.25, 0.3) is 5.91 Å². The zero-order valence-corrected chi connectivity index (χ0v) is 10.7. The molecule has 1 amide bonds. The maximum Gasteiger partial charge on any atom is 0.271 e. The van der Waals surface area contributed by atoms with Crippen LogP contribution in [0.3, 0.4) is 0 Å². The second kappa shape index (κ2) is 6.29. The van der Waals surface area contributed by atoms with Gasteiger partial charge >= 0.3 is 0 Å². The molecule has 0 aliphatic carbocycles. The van der Waals surface area contributed by atoms with Gasteiger partial charge in [-0.05, 0) is 25.5 Å². The van der Waals surface area contributed by atoms with Crippen LogP contribution in [0.25, 0.3) is 5.65 Å². The summed E-state index contributed by atoms with van der Waals surface area (Å²) in [6.07, 6.45) is 3.55. The van der Waals surface area contributed by atoms with Crippen LogP contribution in [0.1, 0.15) is 23.8 Å². The summed E-state index contributed by atoms with van der Waals surface area (Å²) < 4.78 is 19.7. The van der Waals surface area contributed by atoms with Crippen LogP contribution in [0.4, 0.5) is 4.39 Å². The number of carbonyl (C=O) groups is 1. The average Bonchev–Trinajstić information content (AvgIpc) is 2.81. The van der Waals surface area contributed by atoms with Crippen molar-refractivity contribution in [2.24, 2.45) is 0 Å². The van der Waals surface area contributed by atoms with E-state index in [4.69, 9.17) is 4.74 Å². The van der Waals surface area contributed by atoms with E-state index < -0.39 is 0 Å². The number of pyridine rings is 1. The van der Waals surface area contributed by atoms with E-state index in [1.807, 2.05) is 6.92 Å². The fourth-order valence-electron chi connectivity index (χ4n) is 1.69. The van der Waals surface area contributed by atoms with Crippen molar-refractivity contribution in [2.75, 3.05) is 19.8 Å². The number of nitrogens with zero attached hydrogens (tertiary/aromatic N) is 2. The minimum Gasteiger partial charge on any atom is -0.382 e. The number of ether oxygens (including phenoxy) is 1. The average molecular weight is 265 g/mol. The van der Waals surface area contributed by atoms with Gasteiger partial charge in [-0.25, -0.2) is 9.37 Å². The molecule has 0 atom stereocenters. The molecule has 0 aliphatic heterocycles. The number of fused-ring (bicyclic) bond motifs is 1. The van der Waals surface area contributed by atoms with Gasteiger partial charge in [0.2, 0.25) is 0 Å². The van der Waals surface area contributed by atoms with Gasteiger partial charge in [0.1, 0.15) is 17.2 Å². The number of hydrogen-bond donors (Lipinski definition) is 1. The third kappa shape index (κ3) is 3.51. The molecule has 2 rings (SSSR count). The lowest BCUT2D eigenvalue weighted by Gasteiger charge is -2.02. The third-order valence-corrected chi connectivity index (χ3v) is 2.60. The Labute approximate surface area is 110 Å². The normalized spacial score (nSPS) is 10.8. The van der Waals surface area contributed by atoms with Crippen molar-refractivity contribution >= 4 is 11.6 Å². The first kappa shape index (κ1) is 13.5. The molecule has 0 fully saturated rings. The number of rotatable bonds is 6. The lowest BCUT2D eigenvalue weighted by Crippen LogP contribution is -2.25. The second-order valence-electron chi connectivity index (χ2n) is 4.05. The molecule has 0 aliphatic rings. The van der Waals surface area contributed by atoms with Gasteiger partial charge in [-0.1, -0.05) is 0 Å². The summed E-state index contributed by atoms with van der Waals surface area (Å²) in [4.78, 5) is 15.9. The van der Waals surface area contributed by atoms with Crippen molar-refractivity contribution in [1.82, 2.24) is 14.7 Å². The molecular formula is C13H16FN3O2. The standard InChI is InChI=1S/C13H16FN3O2/c1-2-19-7-3-6-15-13(18)11-9-17-8-10(14)4-5-12(17)16-11/h4-5,8-9H,2-3,6-7H2,1H3,(H,15,18). The number of imidazole rings is 1. The number of carbonyl (C=O) groups excluding carboxylic acids is 1. The Morgan fingerprint density at radius 1 is 1.47 bits per heavy atom. The molecule has 102 valence electrons. The number of amides is 1. The fraction of sp³-hybridized carbons (Fsp3) is 0.385. The van der Waals surface area contributed by atoms with Gasteiger partial charge in [0, 0.05) is 32.2 Å². The van der Waals surface area contributed by atoms with E-state index in [0.29, 0.717) is 25.4 Å². The molecule has 19 heavy (non-hydrogen) atoms. The van der Waals surface area contributed by atoms with E-state index >= 15 is 0 Å². The Bertz CT molecular complexity index is 568. The summed E-state index contributed by atoms with van der Waals surface area (Å²) in [6.45, 7) is 3.74. The molecule has 0 saturated heterocycles. The van der Waals surface area contributed by atoms with Crippen LogP contribution < -0.4 is 5.32 Å². The molecule has 2 aromatic rings. The smallest absolute Gasteiger partial charge is 0.271 e. The van der Waals surface area contributed by atoms with Crippen molar-refractivity contribution in [3.05, 3.63) is 36.0 Å². The number of hydrogen-bond acceptors (Lipinski definition) is 3. The van der Waals surface area contributed by atoms with Crippen LogP contribution >= 0.6 is 0 Å². The molecule has 1 N–H and O–H groups in total. The molecular weight excluding hydrogens is 249 g/mol. The molecule has 5 nitrogen and oxygen atoms in total. The fourth-order valence-corrected chi connectivity index (χ4v) is 1.69. The first-order valence-corrected chi connectivity index (χ1v) is 6.21. The number of halogens is 1. The van der Waals surface area contributed by atoms with Gasteiger partial charge < -0.3 is 14.5 Å². The zero-order chi connectivity index (χ0) is 13.7. The Hall–Kier alpha value is -1.95. The summed E-state index contributed by atoms with van der Waals surface area (Å²) in [5, 5.41) is 2.74. The highest BCUT2D eigenvalue weighted by molar-refractivity contribution is 5.92. The van der Waals surface area contributed by atoms with E-state index in [2.05, 4.69) is 10.3 Å². The molecule has 0 aromatic carbocycles. The maximum absolute atomic E-state index is 13.0. The molecule has 0 spiro atoms. The summed E-state index contributed by atoms with van der Waals surface area (Å²) in [5.41, 5.74) is 0.822. The zero-order valence-electron chi connectivity index (χ0n) is 10.7. The van der Waals surface area contributed by atoms with Crippen LogP contribution in [0.5, 0.6) is 0 Å². The summed E-state index contributed by atoms with van der Waals surface area (Å²) >= 11 is 0. The topological polar surface area (TPSA) is 55.6 Å². The predicted molar refractivity (Wildman–Crippen MR) is 68.6 cm³/mol. The van der Waals surface area contributed by atoms with E-state index in [1.165, 1.54) is 28.9 Å². The second-order valence-corrected chi connectivity index (χ2v) is 4.05. The lowest BCUT2D eigenvalue weighted by atomic mass is 10.4. The van der Waals surface area contributed by atoms with Gasteiger partial charge in [-0.3, -0.25) is 4.79 Å². The lowest BCUT2D eigenvalue weighted by molar-refractivity contribution is 0.0940. The summed E-state index contributed by atoms with van der Waals surface area (Å²) in [6, 6.07) is 2.84. The first-order chi connectivity index (χ1) is 9.20. The summed E-state index contributed by atoms with van der Waals surface area (Å²) in [5.74, 6) is -0.630. The summed E-state index contributed by atoms with van der Waals surface area (Å²) in [7, 11) is 0. The van der Waals surface area contributed by atoms with Crippen molar-refractivity contribution in [3.8, 4) is 0 Å². The van der Waals surface area contributed by atoms with Crippen LogP contribution in [0.15, 0.2) is 24.5 Å². The van der Waals surface area contributed by atoms with E-state index in [1.54, 1.807) is 0 Å². The number of nitrogens with one attached hydrogen (secondary N) is 1. The molecule has 6 heteroatoms.